The molecule has 3 aromatic rings. The number of anilines is 2. The summed E-state index contributed by atoms with van der Waals surface area (Å²) in [6.07, 6.45) is 2.59. The van der Waals surface area contributed by atoms with Crippen LogP contribution in [0, 0.1) is 0 Å². The molecule has 0 aliphatic heterocycles. The molecule has 7 nitrogen and oxygen atoms in total. The average molecular weight is 342 g/mol. The molecule has 2 aromatic heterocycles. The van der Waals surface area contributed by atoms with Gasteiger partial charge in [0.05, 0.1) is 16.8 Å². The second-order valence-corrected chi connectivity index (χ2v) is 5.77. The smallest absolute Gasteiger partial charge is 0.413 e. The summed E-state index contributed by atoms with van der Waals surface area (Å²) < 4.78 is 5.66. The van der Waals surface area contributed by atoms with E-state index in [9.17, 15) is 9.59 Å². The zero-order valence-corrected chi connectivity index (χ0v) is 13.6. The van der Waals surface area contributed by atoms with Gasteiger partial charge in [-0.1, -0.05) is 11.3 Å². The molecule has 0 bridgehead atoms. The normalized spacial score (nSPS) is 10.4. The summed E-state index contributed by atoms with van der Waals surface area (Å²) in [6, 6.07) is 8.63. The van der Waals surface area contributed by atoms with E-state index >= 15 is 0 Å². The molecular weight excluding hydrogens is 328 g/mol. The molecule has 0 radical (unpaired) electrons. The largest absolute Gasteiger partial charge is 0.450 e. The molecule has 0 spiro atoms. The second kappa shape index (κ2) is 7.05. The number of thiazole rings is 1. The van der Waals surface area contributed by atoms with Crippen LogP contribution in [0.25, 0.3) is 10.2 Å². The second-order valence-electron chi connectivity index (χ2n) is 4.74. The van der Waals surface area contributed by atoms with Crippen molar-refractivity contribution in [2.24, 2.45) is 0 Å². The summed E-state index contributed by atoms with van der Waals surface area (Å²) in [5, 5.41) is 5.84. The first kappa shape index (κ1) is 15.9. The minimum absolute atomic E-state index is 0.217. The van der Waals surface area contributed by atoms with Gasteiger partial charge in [0.1, 0.15) is 0 Å². The van der Waals surface area contributed by atoms with Crippen LogP contribution >= 0.6 is 11.3 Å². The van der Waals surface area contributed by atoms with Gasteiger partial charge >= 0.3 is 6.09 Å². The van der Waals surface area contributed by atoms with E-state index in [1.54, 1.807) is 43.6 Å². The third kappa shape index (κ3) is 3.66. The summed E-state index contributed by atoms with van der Waals surface area (Å²) in [4.78, 5) is 31.8. The molecule has 3 rings (SSSR count). The lowest BCUT2D eigenvalue weighted by Crippen LogP contribution is -2.12. The Kier molecular flexibility index (Phi) is 4.66. The van der Waals surface area contributed by atoms with Crippen LogP contribution in [0.15, 0.2) is 42.7 Å². The van der Waals surface area contributed by atoms with E-state index < -0.39 is 6.09 Å². The van der Waals surface area contributed by atoms with Crippen molar-refractivity contribution in [1.82, 2.24) is 9.97 Å². The first-order chi connectivity index (χ1) is 11.7. The van der Waals surface area contributed by atoms with Crippen molar-refractivity contribution in [3.05, 3.63) is 48.3 Å². The average Bonchev–Trinajstić information content (AvgIpc) is 2.97. The molecule has 2 heterocycles. The number of hydrogen-bond acceptors (Lipinski definition) is 6. The van der Waals surface area contributed by atoms with Gasteiger partial charge in [-0.15, -0.1) is 0 Å². The minimum Gasteiger partial charge on any atom is -0.450 e. The van der Waals surface area contributed by atoms with Crippen LogP contribution in [0.1, 0.15) is 17.3 Å². The van der Waals surface area contributed by atoms with E-state index in [2.05, 4.69) is 20.6 Å². The molecule has 0 unspecified atom stereocenters. The van der Waals surface area contributed by atoms with Crippen LogP contribution in [0.2, 0.25) is 0 Å². The third-order valence-electron chi connectivity index (χ3n) is 3.07. The van der Waals surface area contributed by atoms with E-state index in [0.29, 0.717) is 23.0 Å². The van der Waals surface area contributed by atoms with Crippen molar-refractivity contribution < 1.29 is 14.3 Å². The summed E-state index contributed by atoms with van der Waals surface area (Å²) in [5.74, 6) is -0.217. The van der Waals surface area contributed by atoms with E-state index in [1.165, 1.54) is 11.3 Å². The van der Waals surface area contributed by atoms with Gasteiger partial charge < -0.3 is 10.1 Å². The van der Waals surface area contributed by atoms with Crippen molar-refractivity contribution in [3.63, 3.8) is 0 Å². The van der Waals surface area contributed by atoms with Crippen LogP contribution in [0.3, 0.4) is 0 Å². The van der Waals surface area contributed by atoms with Crippen LogP contribution in [-0.4, -0.2) is 28.6 Å². The Labute approximate surface area is 141 Å². The number of aromatic nitrogens is 2. The number of fused-ring (bicyclic) bond motifs is 1. The van der Waals surface area contributed by atoms with Gasteiger partial charge in [-0.3, -0.25) is 15.1 Å². The molecule has 8 heteroatoms. The Bertz CT molecular complexity index is 879. The molecule has 1 aromatic carbocycles. The first-order valence-electron chi connectivity index (χ1n) is 7.21. The number of carbonyl (C=O) groups is 2. The summed E-state index contributed by atoms with van der Waals surface area (Å²) in [6.45, 7) is 2.03. The number of carbonyl (C=O) groups excluding carboxylic acids is 2. The van der Waals surface area contributed by atoms with Gasteiger partial charge in [-0.2, -0.15) is 0 Å². The molecule has 2 amide bonds. The number of benzene rings is 1. The quantitative estimate of drug-likeness (QED) is 0.757. The molecule has 24 heavy (non-hydrogen) atoms. The number of ether oxygens (including phenoxy) is 1. The highest BCUT2D eigenvalue weighted by Gasteiger charge is 2.10. The number of hydrogen-bond donors (Lipinski definition) is 2. The Balaban J connectivity index is 1.76. The Hall–Kier alpha value is -3.00. The predicted molar refractivity (Wildman–Crippen MR) is 92.5 cm³/mol. The van der Waals surface area contributed by atoms with Gasteiger partial charge in [0.15, 0.2) is 5.13 Å². The van der Waals surface area contributed by atoms with Gasteiger partial charge in [-0.25, -0.2) is 9.78 Å². The zero-order chi connectivity index (χ0) is 16.9. The molecule has 122 valence electrons. The maximum Gasteiger partial charge on any atom is 0.413 e. The predicted octanol–water partition coefficient (Wildman–Crippen LogP) is 3.51. The highest BCUT2D eigenvalue weighted by molar-refractivity contribution is 7.22. The lowest BCUT2D eigenvalue weighted by atomic mass is 10.2. The Morgan fingerprint density at radius 3 is 2.71 bits per heavy atom. The molecule has 0 saturated carbocycles. The van der Waals surface area contributed by atoms with Crippen LogP contribution in [0.4, 0.5) is 15.6 Å². The van der Waals surface area contributed by atoms with E-state index in [0.717, 1.165) is 10.2 Å². The fourth-order valence-corrected chi connectivity index (χ4v) is 2.91. The summed E-state index contributed by atoms with van der Waals surface area (Å²) >= 11 is 1.30. The number of rotatable bonds is 4. The third-order valence-corrected chi connectivity index (χ3v) is 4.01. The SMILES string of the molecule is CCOC(=O)Nc1nc2ccc(NC(=O)c3ccncc3)cc2s1. The molecular formula is C16H14N4O3S. The van der Waals surface area contributed by atoms with Crippen molar-refractivity contribution in [2.45, 2.75) is 6.92 Å². The molecule has 0 saturated heterocycles. The van der Waals surface area contributed by atoms with Crippen molar-refractivity contribution in [1.29, 1.82) is 0 Å². The molecule has 2 N–H and O–H groups in total. The molecule has 0 aliphatic carbocycles. The fourth-order valence-electron chi connectivity index (χ4n) is 2.02. The van der Waals surface area contributed by atoms with E-state index in [4.69, 9.17) is 4.74 Å². The number of nitrogens with one attached hydrogen (secondary N) is 2. The van der Waals surface area contributed by atoms with Gasteiger partial charge in [-0.05, 0) is 37.3 Å². The maximum absolute atomic E-state index is 12.1. The van der Waals surface area contributed by atoms with E-state index in [-0.39, 0.29) is 5.91 Å². The van der Waals surface area contributed by atoms with Gasteiger partial charge in [0, 0.05) is 23.6 Å². The molecule has 0 aliphatic rings. The highest BCUT2D eigenvalue weighted by atomic mass is 32.1. The lowest BCUT2D eigenvalue weighted by Gasteiger charge is -2.04. The highest BCUT2D eigenvalue weighted by Crippen LogP contribution is 2.28. The zero-order valence-electron chi connectivity index (χ0n) is 12.8. The molecule has 0 atom stereocenters. The Morgan fingerprint density at radius 2 is 1.96 bits per heavy atom. The van der Waals surface area contributed by atoms with Gasteiger partial charge in [0.25, 0.3) is 5.91 Å². The van der Waals surface area contributed by atoms with Crippen LogP contribution < -0.4 is 10.6 Å². The van der Waals surface area contributed by atoms with Crippen LogP contribution in [-0.2, 0) is 4.74 Å². The summed E-state index contributed by atoms with van der Waals surface area (Å²) in [7, 11) is 0. The number of pyridine rings is 1. The lowest BCUT2D eigenvalue weighted by molar-refractivity contribution is 0.102. The van der Waals surface area contributed by atoms with Crippen molar-refractivity contribution >= 4 is 44.4 Å². The van der Waals surface area contributed by atoms with E-state index in [1.807, 2.05) is 6.07 Å². The number of nitrogens with zero attached hydrogens (tertiary/aromatic N) is 2. The maximum atomic E-state index is 12.1. The fraction of sp³-hybridized carbons (Fsp3) is 0.125. The minimum atomic E-state index is -0.539. The standard InChI is InChI=1S/C16H14N4O3S/c1-2-23-16(22)20-15-19-12-4-3-11(9-13(12)24-15)18-14(21)10-5-7-17-8-6-10/h3-9H,2H2,1H3,(H,18,21)(H,19,20,22). The van der Waals surface area contributed by atoms with Crippen molar-refractivity contribution in [2.75, 3.05) is 17.2 Å². The monoisotopic (exact) mass is 342 g/mol. The van der Waals surface area contributed by atoms with Gasteiger partial charge in [0.2, 0.25) is 0 Å². The topological polar surface area (TPSA) is 93.2 Å². The Morgan fingerprint density at radius 1 is 1.17 bits per heavy atom. The summed E-state index contributed by atoms with van der Waals surface area (Å²) in [5.41, 5.74) is 1.91. The molecule has 0 fully saturated rings. The number of amides is 2. The van der Waals surface area contributed by atoms with Crippen molar-refractivity contribution in [3.8, 4) is 0 Å². The van der Waals surface area contributed by atoms with Crippen LogP contribution in [0.5, 0.6) is 0 Å². The first-order valence-corrected chi connectivity index (χ1v) is 8.03.